The van der Waals surface area contributed by atoms with Gasteiger partial charge >= 0.3 is 5.69 Å². The van der Waals surface area contributed by atoms with E-state index in [4.69, 9.17) is 9.73 Å². The minimum Gasteiger partial charge on any atom is -0.490 e. The first kappa shape index (κ1) is 21.5. The number of nitrogens with zero attached hydrogens (tertiary/aromatic N) is 4. The predicted octanol–water partition coefficient (Wildman–Crippen LogP) is 4.52. The summed E-state index contributed by atoms with van der Waals surface area (Å²) in [5, 5.41) is 11.7. The van der Waals surface area contributed by atoms with Gasteiger partial charge in [-0.2, -0.15) is 0 Å². The van der Waals surface area contributed by atoms with Gasteiger partial charge in [0, 0.05) is 49.4 Å². The average molecular weight is 431 g/mol. The van der Waals surface area contributed by atoms with Crippen molar-refractivity contribution in [2.24, 2.45) is 4.99 Å². The van der Waals surface area contributed by atoms with E-state index in [-0.39, 0.29) is 11.4 Å². The highest BCUT2D eigenvalue weighted by Crippen LogP contribution is 2.40. The van der Waals surface area contributed by atoms with Crippen molar-refractivity contribution in [3.63, 3.8) is 0 Å². The maximum Gasteiger partial charge on any atom is 0.313 e. The lowest BCUT2D eigenvalue weighted by atomic mass is 10.0. The number of ether oxygens (including phenoxy) is 1. The summed E-state index contributed by atoms with van der Waals surface area (Å²) >= 11 is 0. The lowest BCUT2D eigenvalue weighted by Crippen LogP contribution is -2.44. The van der Waals surface area contributed by atoms with Crippen LogP contribution in [0.5, 0.6) is 5.75 Å². The molecule has 7 nitrogen and oxygen atoms in total. The fourth-order valence-electron chi connectivity index (χ4n) is 3.85. The summed E-state index contributed by atoms with van der Waals surface area (Å²) in [7, 11) is 3.55. The average Bonchev–Trinajstić information content (AvgIpc) is 2.83. The molecule has 0 amide bonds. The molecule has 1 aliphatic rings. The van der Waals surface area contributed by atoms with Gasteiger partial charge < -0.3 is 14.5 Å². The Labute approximate surface area is 187 Å². The quantitative estimate of drug-likeness (QED) is 0.327. The molecule has 0 spiro atoms. The highest BCUT2D eigenvalue weighted by atomic mass is 16.6. The van der Waals surface area contributed by atoms with Gasteiger partial charge in [-0.05, 0) is 7.05 Å². The number of nitro groups is 1. The third-order valence-corrected chi connectivity index (χ3v) is 5.64. The van der Waals surface area contributed by atoms with E-state index in [1.165, 1.54) is 13.2 Å². The second kappa shape index (κ2) is 9.62. The third kappa shape index (κ3) is 4.63. The zero-order chi connectivity index (χ0) is 22.5. The van der Waals surface area contributed by atoms with Gasteiger partial charge in [0.25, 0.3) is 0 Å². The summed E-state index contributed by atoms with van der Waals surface area (Å²) in [6.45, 7) is 3.44. The molecule has 3 aromatic rings. The van der Waals surface area contributed by atoms with Crippen LogP contribution in [0.2, 0.25) is 0 Å². The van der Waals surface area contributed by atoms with Gasteiger partial charge in [0.2, 0.25) is 0 Å². The number of anilines is 1. The van der Waals surface area contributed by atoms with Crippen LogP contribution in [0.4, 0.5) is 17.1 Å². The second-order valence-corrected chi connectivity index (χ2v) is 7.75. The van der Waals surface area contributed by atoms with E-state index in [2.05, 4.69) is 16.8 Å². The highest BCUT2D eigenvalue weighted by Gasteiger charge is 2.24. The van der Waals surface area contributed by atoms with Crippen molar-refractivity contribution in [2.75, 3.05) is 45.2 Å². The van der Waals surface area contributed by atoms with Crippen molar-refractivity contribution in [1.29, 1.82) is 0 Å². The molecule has 1 heterocycles. The Kier molecular flexibility index (Phi) is 6.47. The van der Waals surface area contributed by atoms with Gasteiger partial charge in [-0.25, -0.2) is 4.99 Å². The number of aliphatic imine (C=N–C) groups is 1. The minimum absolute atomic E-state index is 0.0930. The Morgan fingerprint density at radius 2 is 1.50 bits per heavy atom. The number of benzene rings is 3. The largest absolute Gasteiger partial charge is 0.490 e. The summed E-state index contributed by atoms with van der Waals surface area (Å²) in [4.78, 5) is 20.8. The molecule has 3 aromatic carbocycles. The predicted molar refractivity (Wildman–Crippen MR) is 128 cm³/mol. The number of hydrogen-bond acceptors (Lipinski definition) is 6. The van der Waals surface area contributed by atoms with E-state index >= 15 is 0 Å². The number of rotatable bonds is 6. The smallest absolute Gasteiger partial charge is 0.313 e. The third-order valence-electron chi connectivity index (χ3n) is 5.64. The van der Waals surface area contributed by atoms with Crippen molar-refractivity contribution in [1.82, 2.24) is 4.90 Å². The van der Waals surface area contributed by atoms with Gasteiger partial charge in [0.1, 0.15) is 0 Å². The number of methoxy groups -OCH3 is 1. The van der Waals surface area contributed by atoms with Crippen LogP contribution in [0.15, 0.2) is 77.8 Å². The topological polar surface area (TPSA) is 71.2 Å². The fourth-order valence-corrected chi connectivity index (χ4v) is 3.85. The van der Waals surface area contributed by atoms with Crippen LogP contribution < -0.4 is 9.64 Å². The first-order chi connectivity index (χ1) is 15.6. The molecule has 4 rings (SSSR count). The summed E-state index contributed by atoms with van der Waals surface area (Å²) in [6.07, 6.45) is 0. The monoisotopic (exact) mass is 430 g/mol. The van der Waals surface area contributed by atoms with Gasteiger partial charge in [-0.1, -0.05) is 60.7 Å². The zero-order valence-electron chi connectivity index (χ0n) is 18.3. The van der Waals surface area contributed by atoms with E-state index in [0.29, 0.717) is 5.69 Å². The van der Waals surface area contributed by atoms with Crippen LogP contribution in [0, 0.1) is 10.1 Å². The van der Waals surface area contributed by atoms with Crippen LogP contribution in [0.3, 0.4) is 0 Å². The number of likely N-dealkylation sites (N-methyl/N-ethyl adjacent to an activating group) is 1. The Morgan fingerprint density at radius 3 is 2.00 bits per heavy atom. The first-order valence-corrected chi connectivity index (χ1v) is 10.6. The standard InChI is InChI=1S/C25H26N4O3/c1-27-13-15-28(16-14-27)22-18-24(32-2)23(29(30)31)17-21(22)26-25(19-9-5-3-6-10-19)20-11-7-4-8-12-20/h3-12,17-18H,13-16H2,1-2H3. The Hall–Kier alpha value is -3.71. The van der Waals surface area contributed by atoms with Crippen LogP contribution >= 0.6 is 0 Å². The second-order valence-electron chi connectivity index (χ2n) is 7.75. The molecule has 7 heteroatoms. The van der Waals surface area contributed by atoms with Crippen molar-refractivity contribution < 1.29 is 9.66 Å². The Morgan fingerprint density at radius 1 is 0.938 bits per heavy atom. The Balaban J connectivity index is 1.91. The summed E-state index contributed by atoms with van der Waals surface area (Å²) in [6, 6.07) is 23.0. The van der Waals surface area contributed by atoms with Crippen molar-refractivity contribution in [3.05, 3.63) is 94.0 Å². The fraction of sp³-hybridized carbons (Fsp3) is 0.240. The molecule has 1 fully saturated rings. The molecule has 0 atom stereocenters. The summed E-state index contributed by atoms with van der Waals surface area (Å²) < 4.78 is 5.36. The number of piperazine rings is 1. The summed E-state index contributed by atoms with van der Waals surface area (Å²) in [5.41, 5.74) is 3.96. The molecular weight excluding hydrogens is 404 g/mol. The van der Waals surface area contributed by atoms with Crippen molar-refractivity contribution >= 4 is 22.8 Å². The van der Waals surface area contributed by atoms with Gasteiger partial charge in [-0.3, -0.25) is 10.1 Å². The molecule has 0 aromatic heterocycles. The zero-order valence-corrected chi connectivity index (χ0v) is 18.3. The molecule has 0 N–H and O–H groups in total. The molecule has 1 aliphatic heterocycles. The first-order valence-electron chi connectivity index (χ1n) is 10.6. The van der Waals surface area contributed by atoms with Crippen LogP contribution in [-0.2, 0) is 0 Å². The minimum atomic E-state index is -0.420. The van der Waals surface area contributed by atoms with Crippen LogP contribution in [0.1, 0.15) is 11.1 Å². The van der Waals surface area contributed by atoms with Crippen molar-refractivity contribution in [2.45, 2.75) is 0 Å². The van der Waals surface area contributed by atoms with Crippen LogP contribution in [-0.4, -0.2) is 55.9 Å². The SMILES string of the molecule is COc1cc(N2CCN(C)CC2)c(N=C(c2ccccc2)c2ccccc2)cc1[N+](=O)[O-]. The van der Waals surface area contributed by atoms with Gasteiger partial charge in [0.15, 0.2) is 5.75 Å². The molecule has 0 aliphatic carbocycles. The van der Waals surface area contributed by atoms with Crippen LogP contribution in [0.25, 0.3) is 0 Å². The molecule has 0 bridgehead atoms. The summed E-state index contributed by atoms with van der Waals surface area (Å²) in [5.74, 6) is 0.240. The molecule has 1 saturated heterocycles. The molecule has 164 valence electrons. The maximum atomic E-state index is 11.7. The lowest BCUT2D eigenvalue weighted by Gasteiger charge is -2.34. The molecule has 0 saturated carbocycles. The number of hydrogen-bond donors (Lipinski definition) is 0. The normalized spacial score (nSPS) is 14.1. The maximum absolute atomic E-state index is 11.7. The lowest BCUT2D eigenvalue weighted by molar-refractivity contribution is -0.385. The molecular formula is C25H26N4O3. The highest BCUT2D eigenvalue weighted by molar-refractivity contribution is 6.14. The van der Waals surface area contributed by atoms with E-state index in [9.17, 15) is 10.1 Å². The van der Waals surface area contributed by atoms with Crippen molar-refractivity contribution in [3.8, 4) is 5.75 Å². The number of nitro benzene ring substituents is 1. The molecule has 32 heavy (non-hydrogen) atoms. The van der Waals surface area contributed by atoms with E-state index in [1.807, 2.05) is 60.7 Å². The van der Waals surface area contributed by atoms with E-state index < -0.39 is 4.92 Å². The van der Waals surface area contributed by atoms with E-state index in [0.717, 1.165) is 48.7 Å². The molecule has 0 radical (unpaired) electrons. The van der Waals surface area contributed by atoms with Gasteiger partial charge in [0.05, 0.1) is 29.1 Å². The molecule has 0 unspecified atom stereocenters. The van der Waals surface area contributed by atoms with E-state index in [1.54, 1.807) is 6.07 Å². The van der Waals surface area contributed by atoms with Gasteiger partial charge in [-0.15, -0.1) is 0 Å². The Bertz CT molecular complexity index is 1070.